The zero-order chi connectivity index (χ0) is 22.6. The van der Waals surface area contributed by atoms with E-state index in [0.717, 1.165) is 31.7 Å². The summed E-state index contributed by atoms with van der Waals surface area (Å²) in [5.41, 5.74) is 4.92. The van der Waals surface area contributed by atoms with Crippen LogP contribution in [0.15, 0.2) is 66.7 Å². The van der Waals surface area contributed by atoms with Crippen molar-refractivity contribution in [3.05, 3.63) is 89.0 Å². The lowest BCUT2D eigenvalue weighted by Gasteiger charge is -2.32. The number of fused-ring (bicyclic) bond motifs is 1. The molecule has 0 spiro atoms. The molecule has 1 aliphatic heterocycles. The number of piperidine rings is 1. The molecule has 3 aromatic carbocycles. The Kier molecular flexibility index (Phi) is 6.54. The molecule has 0 saturated carbocycles. The normalized spacial score (nSPS) is 20.8. The van der Waals surface area contributed by atoms with E-state index in [1.165, 1.54) is 54.6 Å². The number of hydrogen-bond acceptors (Lipinski definition) is 4. The largest absolute Gasteiger partial charge is 0.508 e. The van der Waals surface area contributed by atoms with Crippen LogP contribution in [-0.4, -0.2) is 41.4 Å². The van der Waals surface area contributed by atoms with Crippen LogP contribution >= 0.6 is 0 Å². The molecule has 1 saturated heterocycles. The molecule has 4 nitrogen and oxygen atoms in total. The van der Waals surface area contributed by atoms with Gasteiger partial charge >= 0.3 is 0 Å². The predicted octanol–water partition coefficient (Wildman–Crippen LogP) is 6.02. The lowest BCUT2D eigenvalue weighted by molar-refractivity contribution is 0.183. The van der Waals surface area contributed by atoms with Crippen molar-refractivity contribution < 1.29 is 14.9 Å². The van der Waals surface area contributed by atoms with Crippen molar-refractivity contribution in [1.82, 2.24) is 4.90 Å². The second kappa shape index (κ2) is 9.88. The maximum Gasteiger partial charge on any atom is 0.119 e. The van der Waals surface area contributed by atoms with E-state index in [-0.39, 0.29) is 11.7 Å². The van der Waals surface area contributed by atoms with Crippen LogP contribution in [0.2, 0.25) is 0 Å². The van der Waals surface area contributed by atoms with Gasteiger partial charge < -0.3 is 14.9 Å². The van der Waals surface area contributed by atoms with E-state index in [0.29, 0.717) is 11.7 Å². The van der Waals surface area contributed by atoms with Crippen molar-refractivity contribution in [1.29, 1.82) is 0 Å². The summed E-state index contributed by atoms with van der Waals surface area (Å²) in [6, 6.07) is 21.8. The minimum absolute atomic E-state index is 0.223. The number of nitrogens with zero attached hydrogens (tertiary/aromatic N) is 1. The van der Waals surface area contributed by atoms with Crippen LogP contribution in [0.1, 0.15) is 66.2 Å². The van der Waals surface area contributed by atoms with Gasteiger partial charge in [0.25, 0.3) is 0 Å². The van der Waals surface area contributed by atoms with Crippen molar-refractivity contribution in [2.24, 2.45) is 0 Å². The standard InChI is InChI=1S/C29H33NO3/c31-23-8-4-21(5-9-23)27-15-14-26(28-13-10-24(32)20-29(27)28)22-6-11-25(12-7-22)33-19-18-30-16-2-1-3-17-30/h4-13,20,26-27,31-32H,1-3,14-19H2/t26-,27+/m0/s1. The Hall–Kier alpha value is -2.98. The van der Waals surface area contributed by atoms with Crippen molar-refractivity contribution in [2.45, 2.75) is 43.9 Å². The van der Waals surface area contributed by atoms with Crippen molar-refractivity contribution >= 4 is 0 Å². The molecule has 0 bridgehead atoms. The Morgan fingerprint density at radius 2 is 1.30 bits per heavy atom. The summed E-state index contributed by atoms with van der Waals surface area (Å²) in [5.74, 6) is 2.04. The van der Waals surface area contributed by atoms with Gasteiger partial charge in [0.15, 0.2) is 0 Å². The third-order valence-electron chi connectivity index (χ3n) is 7.27. The number of phenols is 2. The summed E-state index contributed by atoms with van der Waals surface area (Å²) >= 11 is 0. The number of rotatable bonds is 6. The van der Waals surface area contributed by atoms with E-state index >= 15 is 0 Å². The number of benzene rings is 3. The van der Waals surface area contributed by atoms with Gasteiger partial charge in [0, 0.05) is 18.4 Å². The van der Waals surface area contributed by atoms with Gasteiger partial charge in [-0.15, -0.1) is 0 Å². The van der Waals surface area contributed by atoms with Crippen LogP contribution in [-0.2, 0) is 0 Å². The summed E-state index contributed by atoms with van der Waals surface area (Å²) in [6.45, 7) is 4.13. The van der Waals surface area contributed by atoms with Gasteiger partial charge in [-0.3, -0.25) is 4.90 Å². The fourth-order valence-electron chi connectivity index (χ4n) is 5.50. The van der Waals surface area contributed by atoms with Crippen LogP contribution in [0.4, 0.5) is 0 Å². The van der Waals surface area contributed by atoms with E-state index in [9.17, 15) is 10.2 Å². The van der Waals surface area contributed by atoms with E-state index in [4.69, 9.17) is 4.74 Å². The molecule has 0 unspecified atom stereocenters. The molecule has 0 radical (unpaired) electrons. The summed E-state index contributed by atoms with van der Waals surface area (Å²) in [7, 11) is 0. The van der Waals surface area contributed by atoms with Crippen molar-refractivity contribution in [3.63, 3.8) is 0 Å². The van der Waals surface area contributed by atoms with E-state index in [1.807, 2.05) is 18.2 Å². The fourth-order valence-corrected chi connectivity index (χ4v) is 5.50. The van der Waals surface area contributed by atoms with E-state index < -0.39 is 0 Å². The molecular weight excluding hydrogens is 410 g/mol. The molecule has 1 heterocycles. The molecule has 1 fully saturated rings. The second-order valence-corrected chi connectivity index (χ2v) is 9.41. The Bertz CT molecular complexity index is 1060. The molecule has 2 atom stereocenters. The lowest BCUT2D eigenvalue weighted by atomic mass is 9.72. The Morgan fingerprint density at radius 3 is 2.00 bits per heavy atom. The molecule has 172 valence electrons. The van der Waals surface area contributed by atoms with Crippen LogP contribution in [0.3, 0.4) is 0 Å². The first-order valence-electron chi connectivity index (χ1n) is 12.2. The third kappa shape index (κ3) is 5.01. The zero-order valence-electron chi connectivity index (χ0n) is 19.1. The van der Waals surface area contributed by atoms with E-state index in [2.05, 4.69) is 35.2 Å². The molecule has 5 rings (SSSR count). The highest BCUT2D eigenvalue weighted by Crippen LogP contribution is 2.46. The van der Waals surface area contributed by atoms with Gasteiger partial charge in [0.1, 0.15) is 23.9 Å². The van der Waals surface area contributed by atoms with Gasteiger partial charge in [0.05, 0.1) is 0 Å². The maximum atomic E-state index is 10.2. The molecule has 0 aromatic heterocycles. The monoisotopic (exact) mass is 443 g/mol. The van der Waals surface area contributed by atoms with Gasteiger partial charge in [-0.05, 0) is 97.4 Å². The summed E-state index contributed by atoms with van der Waals surface area (Å²) in [5, 5.41) is 19.9. The number of hydrogen-bond donors (Lipinski definition) is 2. The zero-order valence-corrected chi connectivity index (χ0v) is 19.1. The van der Waals surface area contributed by atoms with Crippen LogP contribution in [0.25, 0.3) is 0 Å². The smallest absolute Gasteiger partial charge is 0.119 e. The maximum absolute atomic E-state index is 10.2. The number of phenolic OH excluding ortho intramolecular Hbond substituents is 2. The quantitative estimate of drug-likeness (QED) is 0.489. The fraction of sp³-hybridized carbons (Fsp3) is 0.379. The minimum Gasteiger partial charge on any atom is -0.508 e. The Morgan fingerprint density at radius 1 is 0.697 bits per heavy atom. The number of ether oxygens (including phenoxy) is 1. The highest BCUT2D eigenvalue weighted by atomic mass is 16.5. The van der Waals surface area contributed by atoms with Gasteiger partial charge in [0.2, 0.25) is 0 Å². The van der Waals surface area contributed by atoms with Gasteiger partial charge in [-0.2, -0.15) is 0 Å². The molecule has 0 amide bonds. The number of aromatic hydroxyl groups is 2. The minimum atomic E-state index is 0.223. The first kappa shape index (κ1) is 21.8. The van der Waals surface area contributed by atoms with Crippen LogP contribution in [0.5, 0.6) is 17.2 Å². The molecule has 1 aliphatic carbocycles. The average Bonchev–Trinajstić information content (AvgIpc) is 2.85. The summed E-state index contributed by atoms with van der Waals surface area (Å²) < 4.78 is 6.03. The second-order valence-electron chi connectivity index (χ2n) is 9.41. The molecule has 33 heavy (non-hydrogen) atoms. The average molecular weight is 444 g/mol. The molecular formula is C29H33NO3. The molecule has 2 aliphatic rings. The summed E-state index contributed by atoms with van der Waals surface area (Å²) in [4.78, 5) is 2.50. The van der Waals surface area contributed by atoms with Gasteiger partial charge in [-0.1, -0.05) is 36.8 Å². The van der Waals surface area contributed by atoms with E-state index in [1.54, 1.807) is 18.2 Å². The SMILES string of the molecule is Oc1ccc([C@H]2CC[C@@H](c3ccc(OCCN4CCCCC4)cc3)c3ccc(O)cc32)cc1. The highest BCUT2D eigenvalue weighted by molar-refractivity contribution is 5.49. The lowest BCUT2D eigenvalue weighted by Crippen LogP contribution is -2.33. The summed E-state index contributed by atoms with van der Waals surface area (Å²) in [6.07, 6.45) is 6.02. The Balaban J connectivity index is 1.30. The third-order valence-corrected chi connectivity index (χ3v) is 7.27. The molecule has 3 aromatic rings. The van der Waals surface area contributed by atoms with Crippen LogP contribution < -0.4 is 4.74 Å². The van der Waals surface area contributed by atoms with Crippen molar-refractivity contribution in [3.8, 4) is 17.2 Å². The topological polar surface area (TPSA) is 52.9 Å². The number of likely N-dealkylation sites (tertiary alicyclic amines) is 1. The first-order valence-corrected chi connectivity index (χ1v) is 12.2. The van der Waals surface area contributed by atoms with Gasteiger partial charge in [-0.25, -0.2) is 0 Å². The predicted molar refractivity (Wildman–Crippen MR) is 131 cm³/mol. The molecule has 4 heteroatoms. The van der Waals surface area contributed by atoms with Crippen molar-refractivity contribution in [2.75, 3.05) is 26.2 Å². The first-order chi connectivity index (χ1) is 16.2. The Labute approximate surface area is 196 Å². The van der Waals surface area contributed by atoms with Crippen LogP contribution in [0, 0.1) is 0 Å². The molecule has 2 N–H and O–H groups in total. The highest BCUT2D eigenvalue weighted by Gasteiger charge is 2.29.